The lowest BCUT2D eigenvalue weighted by Gasteiger charge is -2.30. The predicted molar refractivity (Wildman–Crippen MR) is 161 cm³/mol. The minimum atomic E-state index is -1.11. The Labute approximate surface area is 258 Å². The van der Waals surface area contributed by atoms with Crippen molar-refractivity contribution >= 4 is 35.9 Å². The molecule has 1 aliphatic heterocycles. The highest BCUT2D eigenvalue weighted by Crippen LogP contribution is 2.00. The Kier molecular flexibility index (Phi) is 20.7. The fourth-order valence-corrected chi connectivity index (χ4v) is 4.64. The number of nitrogens with zero attached hydrogens (tertiary/aromatic N) is 5. The maximum Gasteiger partial charge on any atom is 0.317 e. The molecule has 1 rings (SSSR count). The summed E-state index contributed by atoms with van der Waals surface area (Å²) in [6.45, 7) is 6.70. The molecule has 0 radical (unpaired) electrons. The summed E-state index contributed by atoms with van der Waals surface area (Å²) < 4.78 is 0. The van der Waals surface area contributed by atoms with Gasteiger partial charge in [0.2, 0.25) is 5.91 Å². The fraction of sp³-hybridized carbons (Fsp3) is 0.778. The lowest BCUT2D eigenvalue weighted by molar-refractivity contribution is -0.140. The molecule has 17 heteroatoms. The van der Waals surface area contributed by atoms with Gasteiger partial charge in [0.15, 0.2) is 0 Å². The molecular formula is C27H50N8O9. The van der Waals surface area contributed by atoms with Crippen molar-refractivity contribution in [2.75, 3.05) is 131 Å². The van der Waals surface area contributed by atoms with Gasteiger partial charge in [-0.05, 0) is 6.92 Å². The second-order valence-electron chi connectivity index (χ2n) is 10.7. The van der Waals surface area contributed by atoms with Gasteiger partial charge in [0, 0.05) is 91.6 Å². The monoisotopic (exact) mass is 630 g/mol. The van der Waals surface area contributed by atoms with Crippen LogP contribution in [0.15, 0.2) is 0 Å². The highest BCUT2D eigenvalue weighted by atomic mass is 16.4. The van der Waals surface area contributed by atoms with E-state index >= 15 is 0 Å². The van der Waals surface area contributed by atoms with Gasteiger partial charge in [-0.1, -0.05) is 0 Å². The molecule has 252 valence electrons. The molecule has 0 aromatic carbocycles. The number of carboxylic acids is 3. The summed E-state index contributed by atoms with van der Waals surface area (Å²) in [6.07, 6.45) is 0.694. The van der Waals surface area contributed by atoms with Crippen LogP contribution in [0.25, 0.3) is 0 Å². The number of carbonyl (C=O) groups excluding carboxylic acids is 3. The molecule has 0 atom stereocenters. The van der Waals surface area contributed by atoms with E-state index in [1.165, 1.54) is 11.8 Å². The van der Waals surface area contributed by atoms with Gasteiger partial charge >= 0.3 is 17.9 Å². The highest BCUT2D eigenvalue weighted by molar-refractivity contribution is 5.79. The van der Waals surface area contributed by atoms with Gasteiger partial charge in [-0.3, -0.25) is 43.6 Å². The summed E-state index contributed by atoms with van der Waals surface area (Å²) in [4.78, 5) is 78.3. The molecule has 1 heterocycles. The first-order valence-corrected chi connectivity index (χ1v) is 14.9. The molecule has 1 saturated heterocycles. The van der Waals surface area contributed by atoms with E-state index in [0.29, 0.717) is 32.5 Å². The van der Waals surface area contributed by atoms with Crippen LogP contribution in [-0.4, -0.2) is 207 Å². The molecular weight excluding hydrogens is 580 g/mol. The summed E-state index contributed by atoms with van der Waals surface area (Å²) in [5, 5.41) is 37.9. The number of Topliss-reactive ketones (excluding diaryl/α,β-unsaturated/α-hetero) is 1. The first-order chi connectivity index (χ1) is 21.0. The zero-order valence-corrected chi connectivity index (χ0v) is 25.7. The number of rotatable bonds is 21. The minimum Gasteiger partial charge on any atom is -0.480 e. The molecule has 0 aliphatic carbocycles. The van der Waals surface area contributed by atoms with Crippen molar-refractivity contribution < 1.29 is 44.1 Å². The number of amides is 1. The van der Waals surface area contributed by atoms with Crippen molar-refractivity contribution in [1.82, 2.24) is 40.4 Å². The standard InChI is InChI=1S/C27H50N8O9/c1-23(37)18-34(22-27(43)44)15-14-32(21-26(41)42)11-10-31(20-25(39)40)12-13-33(16-17-36)19-24(38)35-8-6-29-4-2-28-3-5-30-7-9-35/h17,28-30H,2-16,18-22H2,1H3,(H,39,40)(H,41,42)(H,43,44). The number of nitrogens with one attached hydrogen (secondary N) is 3. The molecule has 1 aliphatic rings. The number of aldehydes is 1. The van der Waals surface area contributed by atoms with Crippen molar-refractivity contribution in [2.24, 2.45) is 0 Å². The molecule has 6 N–H and O–H groups in total. The van der Waals surface area contributed by atoms with Crippen molar-refractivity contribution in [3.05, 3.63) is 0 Å². The van der Waals surface area contributed by atoms with Gasteiger partial charge in [0.05, 0.1) is 39.3 Å². The maximum atomic E-state index is 13.2. The van der Waals surface area contributed by atoms with E-state index in [2.05, 4.69) is 16.0 Å². The molecule has 0 aromatic heterocycles. The van der Waals surface area contributed by atoms with Crippen molar-refractivity contribution in [3.8, 4) is 0 Å². The van der Waals surface area contributed by atoms with Crippen LogP contribution in [0.2, 0.25) is 0 Å². The Morgan fingerprint density at radius 1 is 0.591 bits per heavy atom. The van der Waals surface area contributed by atoms with Crippen molar-refractivity contribution in [3.63, 3.8) is 0 Å². The summed E-state index contributed by atoms with van der Waals surface area (Å²) in [5.74, 6) is -3.67. The normalized spacial score (nSPS) is 15.2. The number of hydrogen-bond donors (Lipinski definition) is 6. The van der Waals surface area contributed by atoms with Crippen LogP contribution in [0, 0.1) is 0 Å². The second-order valence-corrected chi connectivity index (χ2v) is 10.7. The van der Waals surface area contributed by atoms with Crippen LogP contribution >= 0.6 is 0 Å². The first-order valence-electron chi connectivity index (χ1n) is 14.9. The average molecular weight is 631 g/mol. The molecule has 17 nitrogen and oxygen atoms in total. The van der Waals surface area contributed by atoms with Gasteiger partial charge < -0.3 is 41.0 Å². The number of carbonyl (C=O) groups is 6. The van der Waals surface area contributed by atoms with E-state index in [-0.39, 0.29) is 90.2 Å². The third-order valence-electron chi connectivity index (χ3n) is 6.84. The molecule has 1 fully saturated rings. The zero-order valence-electron chi connectivity index (χ0n) is 25.7. The smallest absolute Gasteiger partial charge is 0.317 e. The molecule has 0 spiro atoms. The second kappa shape index (κ2) is 23.3. The van der Waals surface area contributed by atoms with Gasteiger partial charge in [-0.2, -0.15) is 0 Å². The molecule has 0 saturated carbocycles. The first kappa shape index (κ1) is 39.0. The number of aliphatic carboxylic acids is 3. The summed E-state index contributed by atoms with van der Waals surface area (Å²) in [5.41, 5.74) is 0. The molecule has 1 amide bonds. The predicted octanol–water partition coefficient (Wildman–Crippen LogP) is -4.15. The zero-order chi connectivity index (χ0) is 32.7. The molecule has 44 heavy (non-hydrogen) atoms. The van der Waals surface area contributed by atoms with Crippen LogP contribution in [-0.2, 0) is 28.8 Å². The molecule has 0 aromatic rings. The van der Waals surface area contributed by atoms with Crippen molar-refractivity contribution in [1.29, 1.82) is 0 Å². The van der Waals surface area contributed by atoms with E-state index in [1.807, 2.05) is 0 Å². The quantitative estimate of drug-likeness (QED) is 0.0664. The number of carboxylic acid groups (broad SMARTS) is 3. The molecule has 0 unspecified atom stereocenters. The third kappa shape index (κ3) is 20.0. The summed E-state index contributed by atoms with van der Waals surface area (Å²) in [6, 6.07) is 0. The van der Waals surface area contributed by atoms with Gasteiger partial charge in [0.1, 0.15) is 12.1 Å². The van der Waals surface area contributed by atoms with Crippen LogP contribution in [0.3, 0.4) is 0 Å². The Morgan fingerprint density at radius 3 is 1.39 bits per heavy atom. The Morgan fingerprint density at radius 2 is 0.977 bits per heavy atom. The summed E-state index contributed by atoms with van der Waals surface area (Å²) in [7, 11) is 0. The van der Waals surface area contributed by atoms with Crippen molar-refractivity contribution in [2.45, 2.75) is 6.92 Å². The van der Waals surface area contributed by atoms with E-state index in [0.717, 1.165) is 26.2 Å². The lowest BCUT2D eigenvalue weighted by atomic mass is 10.3. The Balaban J connectivity index is 2.80. The van der Waals surface area contributed by atoms with E-state index in [1.54, 1.807) is 19.6 Å². The Hall–Kier alpha value is -3.06. The number of hydrogen-bond acceptors (Lipinski definition) is 13. The largest absolute Gasteiger partial charge is 0.480 e. The Bertz CT molecular complexity index is 883. The minimum absolute atomic E-state index is 0.0106. The van der Waals surface area contributed by atoms with E-state index < -0.39 is 17.9 Å². The van der Waals surface area contributed by atoms with Gasteiger partial charge in [0.25, 0.3) is 0 Å². The topological polar surface area (TPSA) is 215 Å². The van der Waals surface area contributed by atoms with Crippen LogP contribution in [0.4, 0.5) is 0 Å². The van der Waals surface area contributed by atoms with Crippen LogP contribution in [0.1, 0.15) is 6.92 Å². The highest BCUT2D eigenvalue weighted by Gasteiger charge is 2.21. The van der Waals surface area contributed by atoms with E-state index in [4.69, 9.17) is 5.11 Å². The number of ketones is 1. The van der Waals surface area contributed by atoms with E-state index in [9.17, 15) is 39.0 Å². The van der Waals surface area contributed by atoms with Crippen LogP contribution < -0.4 is 16.0 Å². The fourth-order valence-electron chi connectivity index (χ4n) is 4.64. The molecule has 0 bridgehead atoms. The SMILES string of the molecule is CC(=O)CN(CCN(CCN(CCN(CC=O)CC(=O)N1CCNCCNCCNCC1)CC(=O)O)CC(=O)O)CC(=O)O. The third-order valence-corrected chi connectivity index (χ3v) is 6.84. The van der Waals surface area contributed by atoms with Gasteiger partial charge in [-0.25, -0.2) is 0 Å². The van der Waals surface area contributed by atoms with Gasteiger partial charge in [-0.15, -0.1) is 0 Å². The lowest BCUT2D eigenvalue weighted by Crippen LogP contribution is -2.49. The summed E-state index contributed by atoms with van der Waals surface area (Å²) >= 11 is 0. The average Bonchev–Trinajstić information content (AvgIpc) is 2.91. The van der Waals surface area contributed by atoms with Crippen LogP contribution in [0.5, 0.6) is 0 Å². The maximum absolute atomic E-state index is 13.2.